The molecule has 0 spiro atoms. The van der Waals surface area contributed by atoms with Gasteiger partial charge in [-0.2, -0.15) is 0 Å². The third-order valence-corrected chi connectivity index (χ3v) is 5.90. The molecule has 1 saturated heterocycles. The summed E-state index contributed by atoms with van der Waals surface area (Å²) in [4.78, 5) is 49.4. The van der Waals surface area contributed by atoms with Crippen LogP contribution in [0.25, 0.3) is 0 Å². The van der Waals surface area contributed by atoms with Gasteiger partial charge in [-0.15, -0.1) is 0 Å². The zero-order valence-electron chi connectivity index (χ0n) is 20.9. The minimum absolute atomic E-state index is 0.145. The molecule has 0 aliphatic carbocycles. The second-order valence-corrected chi connectivity index (χ2v) is 8.85. The number of aliphatic hydroxyl groups excluding tert-OH is 3. The van der Waals surface area contributed by atoms with E-state index in [0.29, 0.717) is 6.42 Å². The summed E-state index contributed by atoms with van der Waals surface area (Å²) < 4.78 is 11.1. The summed E-state index contributed by atoms with van der Waals surface area (Å²) in [6.45, 7) is 4.05. The van der Waals surface area contributed by atoms with E-state index >= 15 is 0 Å². The number of ether oxygens (including phenoxy) is 2. The molecule has 0 aromatic carbocycles. The van der Waals surface area contributed by atoms with E-state index in [1.807, 2.05) is 0 Å². The summed E-state index contributed by atoms with van der Waals surface area (Å²) in [5, 5.41) is 42.2. The van der Waals surface area contributed by atoms with Crippen molar-refractivity contribution in [2.45, 2.75) is 102 Å². The molecule has 208 valence electrons. The maximum Gasteiger partial charge on any atom is 0.303 e. The number of carboxylic acid groups (broad SMARTS) is 1. The number of rotatable bonds is 15. The third-order valence-electron chi connectivity index (χ3n) is 5.90. The average Bonchev–Trinajstić information content (AvgIpc) is 2.81. The van der Waals surface area contributed by atoms with Crippen LogP contribution >= 0.6 is 0 Å². The normalized spacial score (nSPS) is 26.5. The van der Waals surface area contributed by atoms with Crippen molar-refractivity contribution < 1.29 is 49.1 Å². The van der Waals surface area contributed by atoms with Gasteiger partial charge in [0.2, 0.25) is 17.7 Å². The van der Waals surface area contributed by atoms with Crippen LogP contribution in [0, 0.1) is 0 Å². The number of nitrogens with zero attached hydrogens (tertiary/aromatic N) is 1. The Hall–Kier alpha value is -2.36. The van der Waals surface area contributed by atoms with Crippen molar-refractivity contribution in [2.75, 3.05) is 13.2 Å². The maximum absolute atomic E-state index is 13.0. The largest absolute Gasteiger partial charge is 0.481 e. The second-order valence-electron chi connectivity index (χ2n) is 8.85. The Morgan fingerprint density at radius 2 is 1.81 bits per heavy atom. The lowest BCUT2D eigenvalue weighted by Gasteiger charge is -2.44. The van der Waals surface area contributed by atoms with E-state index in [0.717, 1.165) is 4.90 Å². The van der Waals surface area contributed by atoms with Crippen molar-refractivity contribution in [3.63, 3.8) is 0 Å². The Kier molecular flexibility index (Phi) is 13.2. The van der Waals surface area contributed by atoms with E-state index in [1.165, 1.54) is 6.92 Å². The molecule has 0 aromatic heterocycles. The highest BCUT2D eigenvalue weighted by Gasteiger charge is 2.47. The van der Waals surface area contributed by atoms with Gasteiger partial charge in [0.25, 0.3) is 0 Å². The fourth-order valence-corrected chi connectivity index (χ4v) is 3.94. The van der Waals surface area contributed by atoms with Crippen LogP contribution in [0.1, 0.15) is 52.9 Å². The second kappa shape index (κ2) is 15.0. The lowest BCUT2D eigenvalue weighted by Crippen LogP contribution is -2.66. The first-order valence-electron chi connectivity index (χ1n) is 12.0. The molecule has 0 radical (unpaired) electrons. The highest BCUT2D eigenvalue weighted by atomic mass is 16.6. The van der Waals surface area contributed by atoms with Crippen molar-refractivity contribution in [3.05, 3.63) is 0 Å². The molecule has 0 saturated carbocycles. The van der Waals surface area contributed by atoms with E-state index < -0.39 is 85.5 Å². The van der Waals surface area contributed by atoms with E-state index in [2.05, 4.69) is 5.32 Å². The molecule has 1 fully saturated rings. The molecule has 2 unspecified atom stereocenters. The number of hydrogen-bond donors (Lipinski definition) is 7. The monoisotopic (exact) mass is 520 g/mol. The van der Waals surface area contributed by atoms with Crippen LogP contribution in [0.3, 0.4) is 0 Å². The number of nitrogens with one attached hydrogen (secondary N) is 1. The molecule has 1 heterocycles. The number of aliphatic carboxylic acids is 1. The van der Waals surface area contributed by atoms with Crippen LogP contribution in [0.4, 0.5) is 0 Å². The zero-order valence-corrected chi connectivity index (χ0v) is 20.9. The van der Waals surface area contributed by atoms with Crippen molar-refractivity contribution in [1.29, 1.82) is 0 Å². The summed E-state index contributed by atoms with van der Waals surface area (Å²) in [7, 11) is 0. The van der Waals surface area contributed by atoms with Gasteiger partial charge in [-0.25, -0.2) is 0 Å². The Labute approximate surface area is 209 Å². The van der Waals surface area contributed by atoms with Crippen LogP contribution < -0.4 is 16.8 Å². The Bertz CT molecular complexity index is 754. The molecule has 0 aromatic rings. The summed E-state index contributed by atoms with van der Waals surface area (Å²) in [6.07, 6.45) is -6.23. The molecular weight excluding hydrogens is 480 g/mol. The molecule has 3 amide bonds. The quantitative estimate of drug-likeness (QED) is 0.118. The number of carbonyl (C=O) groups excluding carboxylic acids is 3. The number of nitrogens with two attached hydrogens (primary N) is 2. The first kappa shape index (κ1) is 31.7. The van der Waals surface area contributed by atoms with Gasteiger partial charge in [-0.3, -0.25) is 19.2 Å². The summed E-state index contributed by atoms with van der Waals surface area (Å²) in [6, 6.07) is -3.47. The molecule has 1 rings (SSSR count). The fourth-order valence-electron chi connectivity index (χ4n) is 3.94. The lowest BCUT2D eigenvalue weighted by atomic mass is 9.96. The van der Waals surface area contributed by atoms with Gasteiger partial charge >= 0.3 is 5.97 Å². The number of primary amides is 1. The number of amides is 3. The van der Waals surface area contributed by atoms with E-state index in [4.69, 9.17) is 26.0 Å². The van der Waals surface area contributed by atoms with Crippen LogP contribution in [0.5, 0.6) is 0 Å². The fraction of sp³-hybridized carbons (Fsp3) is 0.818. The predicted molar refractivity (Wildman–Crippen MR) is 125 cm³/mol. The van der Waals surface area contributed by atoms with Crippen LogP contribution in [-0.4, -0.2) is 111 Å². The molecule has 1 aliphatic heterocycles. The molecule has 0 bridgehead atoms. The molecule has 1 aliphatic rings. The number of hydrogen-bond acceptors (Lipinski definition) is 10. The SMILES string of the molecule is CCCC(=O)N[C@@H]1[C@@H](OC(C)CN(C(=O)C(N)CC)[C@H](CCC(=O)O)C(N)=O)[C@H](O)[C@@H](CO)O[C@@H]1O. The molecule has 14 heteroatoms. The van der Waals surface area contributed by atoms with E-state index in [9.17, 15) is 34.5 Å². The van der Waals surface area contributed by atoms with Crippen LogP contribution in [-0.2, 0) is 28.7 Å². The average molecular weight is 521 g/mol. The Morgan fingerprint density at radius 3 is 2.31 bits per heavy atom. The van der Waals surface area contributed by atoms with Crippen molar-refractivity contribution in [1.82, 2.24) is 10.2 Å². The standard InChI is InChI=1S/C22H40N4O10/c1-4-6-15(28)25-17-19(18(31)14(10-27)36-22(17)34)35-11(3)9-26(21(33)12(23)5-2)13(20(24)32)7-8-16(29)30/h11-14,17-19,22,27,31,34H,4-10,23H2,1-3H3,(H2,24,32)(H,25,28)(H,29,30)/t11?,12?,13-,14-,17-,18-,19-,22+/m1/s1. The van der Waals surface area contributed by atoms with Crippen molar-refractivity contribution >= 4 is 23.7 Å². The third kappa shape index (κ3) is 8.94. The highest BCUT2D eigenvalue weighted by Crippen LogP contribution is 2.24. The summed E-state index contributed by atoms with van der Waals surface area (Å²) in [5.41, 5.74) is 11.4. The van der Waals surface area contributed by atoms with Crippen LogP contribution in [0.15, 0.2) is 0 Å². The maximum atomic E-state index is 13.0. The lowest BCUT2D eigenvalue weighted by molar-refractivity contribution is -0.268. The smallest absolute Gasteiger partial charge is 0.303 e. The summed E-state index contributed by atoms with van der Waals surface area (Å²) in [5.74, 6) is -3.17. The van der Waals surface area contributed by atoms with E-state index in [-0.39, 0.29) is 25.8 Å². The minimum Gasteiger partial charge on any atom is -0.481 e. The van der Waals surface area contributed by atoms with Crippen LogP contribution in [0.2, 0.25) is 0 Å². The van der Waals surface area contributed by atoms with Gasteiger partial charge in [-0.1, -0.05) is 13.8 Å². The number of carbonyl (C=O) groups is 4. The Morgan fingerprint density at radius 1 is 1.17 bits per heavy atom. The van der Waals surface area contributed by atoms with Gasteiger partial charge in [0, 0.05) is 19.4 Å². The van der Waals surface area contributed by atoms with Gasteiger partial charge in [0.05, 0.1) is 18.8 Å². The van der Waals surface area contributed by atoms with Crippen molar-refractivity contribution in [2.24, 2.45) is 11.5 Å². The first-order valence-corrected chi connectivity index (χ1v) is 12.0. The molecule has 14 nitrogen and oxygen atoms in total. The van der Waals surface area contributed by atoms with Crippen molar-refractivity contribution in [3.8, 4) is 0 Å². The molecule has 36 heavy (non-hydrogen) atoms. The number of carboxylic acids is 1. The first-order chi connectivity index (χ1) is 16.9. The minimum atomic E-state index is -1.61. The van der Waals surface area contributed by atoms with Gasteiger partial charge in [-0.05, 0) is 26.2 Å². The van der Waals surface area contributed by atoms with Gasteiger partial charge in [0.15, 0.2) is 6.29 Å². The Balaban J connectivity index is 3.19. The molecule has 9 N–H and O–H groups in total. The van der Waals surface area contributed by atoms with Gasteiger partial charge < -0.3 is 51.6 Å². The molecular formula is C22H40N4O10. The zero-order chi connectivity index (χ0) is 27.6. The molecule has 8 atom stereocenters. The van der Waals surface area contributed by atoms with Gasteiger partial charge in [0.1, 0.15) is 30.4 Å². The summed E-state index contributed by atoms with van der Waals surface area (Å²) >= 11 is 0. The predicted octanol–water partition coefficient (Wildman–Crippen LogP) is -2.60. The van der Waals surface area contributed by atoms with E-state index in [1.54, 1.807) is 13.8 Å². The number of aliphatic hydroxyl groups is 3. The topological polar surface area (TPSA) is 235 Å². The highest BCUT2D eigenvalue weighted by molar-refractivity contribution is 5.89.